The smallest absolute Gasteiger partial charge is 0.357 e. The Kier molecular flexibility index (Phi) is 2.61. The van der Waals surface area contributed by atoms with Gasteiger partial charge in [0.25, 0.3) is 0 Å². The van der Waals surface area contributed by atoms with E-state index in [0.717, 1.165) is 4.79 Å². The van der Waals surface area contributed by atoms with Crippen LogP contribution in [0.2, 0.25) is 0 Å². The van der Waals surface area contributed by atoms with Crippen LogP contribution >= 0.6 is 0 Å². The number of hydrogen-bond donors (Lipinski definition) is 2. The van der Waals surface area contributed by atoms with Gasteiger partial charge in [-0.25, -0.2) is 4.79 Å². The van der Waals surface area contributed by atoms with Gasteiger partial charge in [0.2, 0.25) is 0 Å². The van der Waals surface area contributed by atoms with E-state index < -0.39 is 11.8 Å². The Hall–Kier alpha value is -2.63. The maximum Gasteiger partial charge on any atom is 0.357 e. The van der Waals surface area contributed by atoms with E-state index in [-0.39, 0.29) is 11.3 Å². The Morgan fingerprint density at radius 2 is 1.88 bits per heavy atom. The lowest BCUT2D eigenvalue weighted by Gasteiger charge is -1.98. The summed E-state index contributed by atoms with van der Waals surface area (Å²) in [6.45, 7) is 0. The van der Waals surface area contributed by atoms with Crippen LogP contribution in [-0.2, 0) is 0 Å². The third-order valence-electron chi connectivity index (χ3n) is 2.22. The number of nitrogens with two attached hydrogens (primary N) is 1. The number of nitrogens with zero attached hydrogens (tertiary/aromatic N) is 2. The van der Waals surface area contributed by atoms with Gasteiger partial charge in [0.1, 0.15) is 0 Å². The highest BCUT2D eigenvalue weighted by Gasteiger charge is 2.21. The topological polar surface area (TPSA) is 98.2 Å². The van der Waals surface area contributed by atoms with Crippen LogP contribution in [0.25, 0.3) is 0 Å². The number of hydrogen-bond acceptors (Lipinski definition) is 4. The van der Waals surface area contributed by atoms with Gasteiger partial charge in [-0.1, -0.05) is 30.3 Å². The van der Waals surface area contributed by atoms with E-state index in [0.29, 0.717) is 5.56 Å². The van der Waals surface area contributed by atoms with Gasteiger partial charge >= 0.3 is 5.97 Å². The molecule has 0 fully saturated rings. The fourth-order valence-electron chi connectivity index (χ4n) is 1.46. The third-order valence-corrected chi connectivity index (χ3v) is 2.22. The second-order valence-electron chi connectivity index (χ2n) is 3.37. The van der Waals surface area contributed by atoms with Gasteiger partial charge in [0.15, 0.2) is 11.5 Å². The molecule has 3 N–H and O–H groups in total. The second kappa shape index (κ2) is 4.09. The number of carbonyl (C=O) groups is 2. The normalized spacial score (nSPS) is 10.1. The number of carboxylic acids is 1. The molecule has 1 heterocycles. The van der Waals surface area contributed by atoms with Crippen LogP contribution in [0.5, 0.6) is 0 Å². The standard InChI is InChI=1S/C11H9N3O3/c12-14-6-8(9(13-14)11(16)17)10(15)7-4-2-1-3-5-7/h1-6H,12H2,(H,16,17). The number of carboxylic acid groups (broad SMARTS) is 1. The first-order valence-electron chi connectivity index (χ1n) is 4.77. The summed E-state index contributed by atoms with van der Waals surface area (Å²) in [4.78, 5) is 23.7. The summed E-state index contributed by atoms with van der Waals surface area (Å²) in [6, 6.07) is 8.35. The molecule has 1 aromatic heterocycles. The lowest BCUT2D eigenvalue weighted by Crippen LogP contribution is -2.10. The molecule has 0 bridgehead atoms. The molecule has 17 heavy (non-hydrogen) atoms. The summed E-state index contributed by atoms with van der Waals surface area (Å²) in [6.07, 6.45) is 1.19. The summed E-state index contributed by atoms with van der Waals surface area (Å²) >= 11 is 0. The number of nitrogen functional groups attached to an aromatic ring is 1. The van der Waals surface area contributed by atoms with E-state index in [4.69, 9.17) is 10.9 Å². The molecule has 2 aromatic rings. The van der Waals surface area contributed by atoms with E-state index in [1.807, 2.05) is 0 Å². The molecule has 0 aliphatic carbocycles. The highest BCUT2D eigenvalue weighted by molar-refractivity contribution is 6.13. The second-order valence-corrected chi connectivity index (χ2v) is 3.37. The molecule has 6 heteroatoms. The van der Waals surface area contributed by atoms with Gasteiger partial charge in [-0.05, 0) is 0 Å². The summed E-state index contributed by atoms with van der Waals surface area (Å²) in [5.74, 6) is 3.62. The van der Waals surface area contributed by atoms with Crippen molar-refractivity contribution in [1.29, 1.82) is 0 Å². The Balaban J connectivity index is 2.48. The highest BCUT2D eigenvalue weighted by atomic mass is 16.4. The molecule has 0 aliphatic heterocycles. The minimum Gasteiger partial charge on any atom is -0.476 e. The van der Waals surface area contributed by atoms with Crippen LogP contribution in [0.1, 0.15) is 26.4 Å². The summed E-state index contributed by atoms with van der Waals surface area (Å²) < 4.78 is 0. The fraction of sp³-hybridized carbons (Fsp3) is 0. The molecular formula is C11H9N3O3. The average molecular weight is 231 g/mol. The molecule has 2 rings (SSSR count). The third kappa shape index (κ3) is 2.00. The average Bonchev–Trinajstić information content (AvgIpc) is 2.72. The monoisotopic (exact) mass is 231 g/mol. The Bertz CT molecular complexity index is 575. The zero-order valence-corrected chi connectivity index (χ0v) is 8.70. The van der Waals surface area contributed by atoms with E-state index in [2.05, 4.69) is 5.10 Å². The van der Waals surface area contributed by atoms with Gasteiger partial charge in [-0.2, -0.15) is 4.79 Å². The predicted octanol–water partition coefficient (Wildman–Crippen LogP) is 0.526. The SMILES string of the molecule is Nn1cc(C(=O)c2ccccc2)c(C(=O)O)n1. The number of aromatic nitrogens is 2. The molecule has 0 aliphatic rings. The van der Waals surface area contributed by atoms with E-state index in [1.165, 1.54) is 6.20 Å². The van der Waals surface area contributed by atoms with E-state index in [1.54, 1.807) is 30.3 Å². The number of benzene rings is 1. The van der Waals surface area contributed by atoms with Crippen LogP contribution in [-0.4, -0.2) is 26.7 Å². The fourth-order valence-corrected chi connectivity index (χ4v) is 1.46. The van der Waals surface area contributed by atoms with Crippen LogP contribution in [0.4, 0.5) is 0 Å². The molecule has 0 spiro atoms. The van der Waals surface area contributed by atoms with Crippen molar-refractivity contribution in [3.05, 3.63) is 53.3 Å². The molecule has 0 saturated heterocycles. The zero-order valence-electron chi connectivity index (χ0n) is 8.70. The lowest BCUT2D eigenvalue weighted by atomic mass is 10.0. The number of rotatable bonds is 3. The first-order valence-corrected chi connectivity index (χ1v) is 4.77. The van der Waals surface area contributed by atoms with Crippen LogP contribution in [0, 0.1) is 0 Å². The van der Waals surface area contributed by atoms with Gasteiger partial charge in [0, 0.05) is 5.56 Å². The summed E-state index contributed by atoms with van der Waals surface area (Å²) in [7, 11) is 0. The minimum absolute atomic E-state index is 0.0220. The highest BCUT2D eigenvalue weighted by Crippen LogP contribution is 2.12. The molecule has 0 unspecified atom stereocenters. The first kappa shape index (κ1) is 10.9. The quantitative estimate of drug-likeness (QED) is 0.593. The van der Waals surface area contributed by atoms with Crippen LogP contribution < -0.4 is 5.84 Å². The van der Waals surface area contributed by atoms with Crippen molar-refractivity contribution >= 4 is 11.8 Å². The van der Waals surface area contributed by atoms with Crippen molar-refractivity contribution in [2.45, 2.75) is 0 Å². The van der Waals surface area contributed by atoms with Crippen molar-refractivity contribution in [2.24, 2.45) is 0 Å². The van der Waals surface area contributed by atoms with Gasteiger partial charge < -0.3 is 10.9 Å². The molecule has 86 valence electrons. The number of ketones is 1. The Morgan fingerprint density at radius 3 is 2.47 bits per heavy atom. The van der Waals surface area contributed by atoms with Crippen molar-refractivity contribution < 1.29 is 14.7 Å². The molecule has 6 nitrogen and oxygen atoms in total. The summed E-state index contributed by atoms with van der Waals surface area (Å²) in [5.41, 5.74) is 0.0237. The largest absolute Gasteiger partial charge is 0.476 e. The molecule has 0 amide bonds. The molecule has 1 aromatic carbocycles. The van der Waals surface area contributed by atoms with Crippen molar-refractivity contribution in [1.82, 2.24) is 9.89 Å². The van der Waals surface area contributed by atoms with E-state index in [9.17, 15) is 9.59 Å². The number of carbonyl (C=O) groups excluding carboxylic acids is 1. The Labute approximate surface area is 96.3 Å². The first-order chi connectivity index (χ1) is 8.09. The van der Waals surface area contributed by atoms with Crippen LogP contribution in [0.3, 0.4) is 0 Å². The van der Waals surface area contributed by atoms with E-state index >= 15 is 0 Å². The number of aromatic carboxylic acids is 1. The van der Waals surface area contributed by atoms with Crippen molar-refractivity contribution in [3.8, 4) is 0 Å². The zero-order chi connectivity index (χ0) is 12.4. The predicted molar refractivity (Wildman–Crippen MR) is 59.2 cm³/mol. The van der Waals surface area contributed by atoms with Crippen molar-refractivity contribution in [2.75, 3.05) is 5.84 Å². The Morgan fingerprint density at radius 1 is 1.24 bits per heavy atom. The van der Waals surface area contributed by atoms with Gasteiger partial charge in [-0.15, -0.1) is 5.10 Å². The maximum atomic E-state index is 12.0. The van der Waals surface area contributed by atoms with Gasteiger partial charge in [0.05, 0.1) is 11.8 Å². The summed E-state index contributed by atoms with van der Waals surface area (Å²) in [5, 5.41) is 12.4. The molecule has 0 radical (unpaired) electrons. The van der Waals surface area contributed by atoms with Gasteiger partial charge in [-0.3, -0.25) is 4.79 Å². The van der Waals surface area contributed by atoms with Crippen LogP contribution in [0.15, 0.2) is 36.5 Å². The molecule has 0 saturated carbocycles. The maximum absolute atomic E-state index is 12.0. The molecular weight excluding hydrogens is 222 g/mol. The lowest BCUT2D eigenvalue weighted by molar-refractivity contribution is 0.0686. The minimum atomic E-state index is -1.28. The molecule has 0 atom stereocenters. The van der Waals surface area contributed by atoms with Crippen molar-refractivity contribution in [3.63, 3.8) is 0 Å².